The number of nitrogens with zero attached hydrogens (tertiary/aromatic N) is 2. The highest BCUT2D eigenvalue weighted by molar-refractivity contribution is 8.00. The minimum Gasteiger partial charge on any atom is -0.459 e. The summed E-state index contributed by atoms with van der Waals surface area (Å²) in [6, 6.07) is 15.8. The molecule has 0 bridgehead atoms. The fourth-order valence-corrected chi connectivity index (χ4v) is 4.52. The number of hydrogen-bond donors (Lipinski definition) is 1. The monoisotopic (exact) mass is 465 g/mol. The van der Waals surface area contributed by atoms with E-state index in [9.17, 15) is 18.4 Å². The van der Waals surface area contributed by atoms with Crippen LogP contribution in [0.5, 0.6) is 0 Å². The van der Waals surface area contributed by atoms with E-state index in [1.54, 1.807) is 12.1 Å². The van der Waals surface area contributed by atoms with Gasteiger partial charge in [0.25, 0.3) is 5.91 Å². The van der Waals surface area contributed by atoms with Crippen LogP contribution in [-0.4, -0.2) is 22.6 Å². The third-order valence-electron chi connectivity index (χ3n) is 5.14. The minimum absolute atomic E-state index is 0.0574. The van der Waals surface area contributed by atoms with Gasteiger partial charge in [0.2, 0.25) is 5.91 Å². The van der Waals surface area contributed by atoms with Gasteiger partial charge in [0.1, 0.15) is 34.5 Å². The van der Waals surface area contributed by atoms with Crippen molar-refractivity contribution in [2.75, 3.05) is 10.7 Å². The number of para-hydroxylation sites is 1. The van der Waals surface area contributed by atoms with Crippen LogP contribution in [0.15, 0.2) is 70.0 Å². The van der Waals surface area contributed by atoms with Gasteiger partial charge in [0.15, 0.2) is 0 Å². The fraction of sp³-hybridized carbons (Fsp3) is 0.125. The number of benzene rings is 2. The molecule has 1 N–H and O–H groups in total. The quantitative estimate of drug-likeness (QED) is 0.464. The summed E-state index contributed by atoms with van der Waals surface area (Å²) >= 11 is 1.30. The number of pyridine rings is 1. The number of rotatable bonds is 5. The first-order chi connectivity index (χ1) is 16.0. The van der Waals surface area contributed by atoms with E-state index < -0.39 is 17.5 Å². The standard InChI is InChI=1S/C24H17F2N3O3S/c25-16-7-14(8-17(26)10-16)12-29-22(30)13-33-21-6-5-19(28-23(21)29)24(31)27-11-18-9-15-3-1-2-4-20(15)32-18/h1-10H,11-13H2,(H,27,31). The Bertz CT molecular complexity index is 1340. The third kappa shape index (κ3) is 4.45. The number of thioether (sulfide) groups is 1. The van der Waals surface area contributed by atoms with Gasteiger partial charge in [-0.3, -0.25) is 14.5 Å². The summed E-state index contributed by atoms with van der Waals surface area (Å²) in [6.07, 6.45) is 0. The van der Waals surface area contributed by atoms with Gasteiger partial charge in [0, 0.05) is 11.5 Å². The van der Waals surface area contributed by atoms with Gasteiger partial charge in [-0.1, -0.05) is 18.2 Å². The summed E-state index contributed by atoms with van der Waals surface area (Å²) in [5, 5.41) is 3.71. The summed E-state index contributed by atoms with van der Waals surface area (Å²) in [5.41, 5.74) is 1.14. The molecule has 166 valence electrons. The molecule has 0 radical (unpaired) electrons. The molecule has 33 heavy (non-hydrogen) atoms. The van der Waals surface area contributed by atoms with Crippen molar-refractivity contribution in [3.8, 4) is 0 Å². The molecule has 1 aliphatic heterocycles. The Hall–Kier alpha value is -3.72. The zero-order valence-electron chi connectivity index (χ0n) is 17.2. The third-order valence-corrected chi connectivity index (χ3v) is 6.16. The molecule has 2 aromatic heterocycles. The van der Waals surface area contributed by atoms with Crippen molar-refractivity contribution in [1.82, 2.24) is 10.3 Å². The van der Waals surface area contributed by atoms with Gasteiger partial charge < -0.3 is 9.73 Å². The van der Waals surface area contributed by atoms with Gasteiger partial charge in [-0.2, -0.15) is 0 Å². The number of anilines is 1. The Labute approximate surface area is 191 Å². The topological polar surface area (TPSA) is 75.4 Å². The molecule has 4 aromatic rings. The lowest BCUT2D eigenvalue weighted by atomic mass is 10.2. The summed E-state index contributed by atoms with van der Waals surface area (Å²) < 4.78 is 32.9. The smallest absolute Gasteiger partial charge is 0.270 e. The molecule has 9 heteroatoms. The first kappa shape index (κ1) is 21.1. The molecule has 0 aliphatic carbocycles. The number of amides is 2. The van der Waals surface area contributed by atoms with E-state index in [-0.39, 0.29) is 36.3 Å². The number of nitrogens with one attached hydrogen (secondary N) is 1. The van der Waals surface area contributed by atoms with Crippen LogP contribution in [0.1, 0.15) is 21.8 Å². The maximum Gasteiger partial charge on any atom is 0.270 e. The Balaban J connectivity index is 1.36. The summed E-state index contributed by atoms with van der Waals surface area (Å²) in [7, 11) is 0. The largest absolute Gasteiger partial charge is 0.459 e. The molecule has 6 nitrogen and oxygen atoms in total. The number of carbonyl (C=O) groups is 2. The van der Waals surface area contributed by atoms with Crippen LogP contribution in [0.2, 0.25) is 0 Å². The van der Waals surface area contributed by atoms with Crippen LogP contribution in [0.25, 0.3) is 11.0 Å². The first-order valence-electron chi connectivity index (χ1n) is 10.1. The van der Waals surface area contributed by atoms with Crippen LogP contribution in [0, 0.1) is 11.6 Å². The predicted octanol–water partition coefficient (Wildman–Crippen LogP) is 4.67. The van der Waals surface area contributed by atoms with E-state index in [4.69, 9.17) is 4.42 Å². The number of hydrogen-bond acceptors (Lipinski definition) is 5. The summed E-state index contributed by atoms with van der Waals surface area (Å²) in [4.78, 5) is 31.8. The molecular weight excluding hydrogens is 448 g/mol. The maximum atomic E-state index is 13.6. The van der Waals surface area contributed by atoms with Crippen LogP contribution >= 0.6 is 11.8 Å². The van der Waals surface area contributed by atoms with E-state index in [2.05, 4.69) is 10.3 Å². The number of carbonyl (C=O) groups excluding carboxylic acids is 2. The number of aromatic nitrogens is 1. The molecule has 5 rings (SSSR count). The van der Waals surface area contributed by atoms with Crippen LogP contribution in [0.3, 0.4) is 0 Å². The van der Waals surface area contributed by atoms with Crippen molar-refractivity contribution in [3.05, 3.63) is 89.3 Å². The van der Waals surface area contributed by atoms with Crippen LogP contribution < -0.4 is 10.2 Å². The normalized spacial score (nSPS) is 13.3. The second-order valence-electron chi connectivity index (χ2n) is 7.50. The predicted molar refractivity (Wildman–Crippen MR) is 120 cm³/mol. The fourth-order valence-electron chi connectivity index (χ4n) is 3.63. The molecule has 2 amide bonds. The Morgan fingerprint density at radius 3 is 2.67 bits per heavy atom. The lowest BCUT2D eigenvalue weighted by molar-refractivity contribution is -0.116. The molecule has 0 unspecified atom stereocenters. The van der Waals surface area contributed by atoms with E-state index in [1.165, 1.54) is 28.8 Å². The van der Waals surface area contributed by atoms with E-state index in [0.29, 0.717) is 16.2 Å². The van der Waals surface area contributed by atoms with Crippen molar-refractivity contribution < 1.29 is 22.8 Å². The van der Waals surface area contributed by atoms with Crippen molar-refractivity contribution in [2.24, 2.45) is 0 Å². The average Bonchev–Trinajstić information content (AvgIpc) is 3.21. The second kappa shape index (κ2) is 8.67. The molecule has 0 atom stereocenters. The Kier molecular flexibility index (Phi) is 5.55. The zero-order chi connectivity index (χ0) is 22.9. The van der Waals surface area contributed by atoms with E-state index in [1.807, 2.05) is 30.3 Å². The molecule has 0 fully saturated rings. The summed E-state index contributed by atoms with van der Waals surface area (Å²) in [6.45, 7) is 0.115. The zero-order valence-corrected chi connectivity index (χ0v) is 18.0. The van der Waals surface area contributed by atoms with Crippen molar-refractivity contribution in [2.45, 2.75) is 18.0 Å². The Morgan fingerprint density at radius 2 is 1.88 bits per heavy atom. The second-order valence-corrected chi connectivity index (χ2v) is 8.51. The van der Waals surface area contributed by atoms with Gasteiger partial charge in [-0.25, -0.2) is 13.8 Å². The summed E-state index contributed by atoms with van der Waals surface area (Å²) in [5.74, 6) is -1.08. The number of fused-ring (bicyclic) bond motifs is 2. The Morgan fingerprint density at radius 1 is 1.09 bits per heavy atom. The minimum atomic E-state index is -0.726. The molecule has 0 saturated carbocycles. The SMILES string of the molecule is O=C(NCc1cc2ccccc2o1)c1ccc2c(n1)N(Cc1cc(F)cc(F)c1)C(=O)CS2. The first-order valence-corrected chi connectivity index (χ1v) is 11.1. The van der Waals surface area contributed by atoms with Crippen LogP contribution in [0.4, 0.5) is 14.6 Å². The van der Waals surface area contributed by atoms with Gasteiger partial charge >= 0.3 is 0 Å². The van der Waals surface area contributed by atoms with Gasteiger partial charge in [0.05, 0.1) is 23.7 Å². The molecule has 1 aliphatic rings. The van der Waals surface area contributed by atoms with Crippen molar-refractivity contribution in [3.63, 3.8) is 0 Å². The number of halogens is 2. The van der Waals surface area contributed by atoms with Crippen LogP contribution in [-0.2, 0) is 17.9 Å². The lowest BCUT2D eigenvalue weighted by Gasteiger charge is -2.28. The van der Waals surface area contributed by atoms with Crippen molar-refractivity contribution >= 4 is 40.4 Å². The van der Waals surface area contributed by atoms with E-state index in [0.717, 1.165) is 17.0 Å². The van der Waals surface area contributed by atoms with Gasteiger partial charge in [-0.15, -0.1) is 11.8 Å². The highest BCUT2D eigenvalue weighted by Gasteiger charge is 2.28. The maximum absolute atomic E-state index is 13.6. The average molecular weight is 465 g/mol. The molecule has 2 aromatic carbocycles. The lowest BCUT2D eigenvalue weighted by Crippen LogP contribution is -2.36. The molecular formula is C24H17F2N3O3S. The molecule has 0 saturated heterocycles. The highest BCUT2D eigenvalue weighted by Crippen LogP contribution is 2.35. The van der Waals surface area contributed by atoms with Gasteiger partial charge in [-0.05, 0) is 42.0 Å². The van der Waals surface area contributed by atoms with E-state index >= 15 is 0 Å². The highest BCUT2D eigenvalue weighted by atomic mass is 32.2. The van der Waals surface area contributed by atoms with Crippen molar-refractivity contribution in [1.29, 1.82) is 0 Å². The molecule has 3 heterocycles. The number of furan rings is 1. The molecule has 0 spiro atoms.